The Labute approximate surface area is 205 Å². The van der Waals surface area contributed by atoms with Gasteiger partial charge in [-0.2, -0.15) is 5.10 Å². The van der Waals surface area contributed by atoms with Gasteiger partial charge >= 0.3 is 5.97 Å². The number of anilines is 1. The van der Waals surface area contributed by atoms with E-state index in [4.69, 9.17) is 0 Å². The van der Waals surface area contributed by atoms with Crippen LogP contribution < -0.4 is 9.73 Å². The molecule has 0 spiro atoms. The highest BCUT2D eigenvalue weighted by Gasteiger charge is 2.28. The van der Waals surface area contributed by atoms with E-state index in [1.54, 1.807) is 55.5 Å². The number of methoxy groups -OCH3 is 1. The molecular formula is C26H27N3O5S. The first-order valence-electron chi connectivity index (χ1n) is 10.8. The highest BCUT2D eigenvalue weighted by Crippen LogP contribution is 2.27. The van der Waals surface area contributed by atoms with Crippen LogP contribution in [0.4, 0.5) is 5.69 Å². The van der Waals surface area contributed by atoms with Gasteiger partial charge in [-0.1, -0.05) is 47.5 Å². The predicted molar refractivity (Wildman–Crippen MR) is 135 cm³/mol. The lowest BCUT2D eigenvalue weighted by molar-refractivity contribution is -0.119. The molecule has 35 heavy (non-hydrogen) atoms. The van der Waals surface area contributed by atoms with Gasteiger partial charge in [0.25, 0.3) is 15.9 Å². The van der Waals surface area contributed by atoms with Crippen LogP contribution in [0.3, 0.4) is 0 Å². The van der Waals surface area contributed by atoms with Gasteiger partial charge in [-0.05, 0) is 62.2 Å². The van der Waals surface area contributed by atoms with Crippen molar-refractivity contribution < 1.29 is 22.7 Å². The van der Waals surface area contributed by atoms with Crippen LogP contribution >= 0.6 is 0 Å². The maximum absolute atomic E-state index is 13.5. The van der Waals surface area contributed by atoms with Crippen LogP contribution in [0.1, 0.15) is 32.6 Å². The van der Waals surface area contributed by atoms with Gasteiger partial charge in [0.05, 0.1) is 29.5 Å². The van der Waals surface area contributed by atoms with Crippen molar-refractivity contribution in [3.05, 3.63) is 94.5 Å². The zero-order chi connectivity index (χ0) is 25.6. The number of hydrogen-bond acceptors (Lipinski definition) is 6. The van der Waals surface area contributed by atoms with Gasteiger partial charge in [-0.3, -0.25) is 9.10 Å². The van der Waals surface area contributed by atoms with Crippen molar-refractivity contribution in [1.29, 1.82) is 0 Å². The first-order valence-corrected chi connectivity index (χ1v) is 12.2. The van der Waals surface area contributed by atoms with Crippen molar-refractivity contribution in [3.63, 3.8) is 0 Å². The van der Waals surface area contributed by atoms with Crippen LogP contribution in [0.15, 0.2) is 76.7 Å². The zero-order valence-electron chi connectivity index (χ0n) is 20.0. The second-order valence-corrected chi connectivity index (χ2v) is 9.88. The molecule has 8 nitrogen and oxygen atoms in total. The summed E-state index contributed by atoms with van der Waals surface area (Å²) in [5.41, 5.74) is 6.44. The number of hydrazone groups is 1. The maximum atomic E-state index is 13.5. The highest BCUT2D eigenvalue weighted by atomic mass is 32.2. The van der Waals surface area contributed by atoms with Crippen molar-refractivity contribution in [2.75, 3.05) is 18.0 Å². The minimum absolute atomic E-state index is 0.0880. The van der Waals surface area contributed by atoms with E-state index in [-0.39, 0.29) is 4.90 Å². The van der Waals surface area contributed by atoms with Gasteiger partial charge in [0.15, 0.2) is 0 Å². The summed E-state index contributed by atoms with van der Waals surface area (Å²) in [7, 11) is -2.72. The Morgan fingerprint density at radius 3 is 2.17 bits per heavy atom. The topological polar surface area (TPSA) is 105 Å². The minimum Gasteiger partial charge on any atom is -0.465 e. The van der Waals surface area contributed by atoms with Crippen molar-refractivity contribution >= 4 is 33.8 Å². The first-order chi connectivity index (χ1) is 16.6. The number of aryl methyl sites for hydroxylation is 3. The molecule has 0 bridgehead atoms. The molecule has 0 saturated carbocycles. The highest BCUT2D eigenvalue weighted by molar-refractivity contribution is 7.92. The molecule has 1 amide bonds. The van der Waals surface area contributed by atoms with Crippen molar-refractivity contribution in [3.8, 4) is 0 Å². The number of esters is 1. The zero-order valence-corrected chi connectivity index (χ0v) is 20.8. The van der Waals surface area contributed by atoms with E-state index in [1.807, 2.05) is 19.9 Å². The Morgan fingerprint density at radius 1 is 0.943 bits per heavy atom. The number of sulfonamides is 1. The fraction of sp³-hybridized carbons (Fsp3) is 0.192. The van der Waals surface area contributed by atoms with Crippen molar-refractivity contribution in [2.24, 2.45) is 5.10 Å². The summed E-state index contributed by atoms with van der Waals surface area (Å²) in [6.45, 7) is 5.12. The van der Waals surface area contributed by atoms with Crippen LogP contribution in [0.5, 0.6) is 0 Å². The van der Waals surface area contributed by atoms with Gasteiger partial charge < -0.3 is 4.74 Å². The number of carbonyl (C=O) groups excluding carboxylic acids is 2. The Bertz CT molecular complexity index is 1350. The van der Waals surface area contributed by atoms with Gasteiger partial charge in [-0.25, -0.2) is 18.6 Å². The summed E-state index contributed by atoms with van der Waals surface area (Å²) in [5.74, 6) is -1.06. The van der Waals surface area contributed by atoms with Gasteiger partial charge in [-0.15, -0.1) is 0 Å². The van der Waals surface area contributed by atoms with E-state index in [1.165, 1.54) is 25.5 Å². The summed E-state index contributed by atoms with van der Waals surface area (Å²) >= 11 is 0. The Morgan fingerprint density at radius 2 is 1.57 bits per heavy atom. The molecule has 1 N–H and O–H groups in total. The van der Waals surface area contributed by atoms with E-state index in [0.29, 0.717) is 16.8 Å². The molecule has 3 aromatic carbocycles. The summed E-state index contributed by atoms with van der Waals surface area (Å²) in [6.07, 6.45) is 1.40. The van der Waals surface area contributed by atoms with Crippen LogP contribution in [0.2, 0.25) is 0 Å². The Kier molecular flexibility index (Phi) is 8.03. The molecule has 0 aliphatic carbocycles. The molecule has 0 aliphatic heterocycles. The molecule has 0 atom stereocenters. The predicted octanol–water partition coefficient (Wildman–Crippen LogP) is 3.74. The Hall–Kier alpha value is -3.98. The number of nitrogens with zero attached hydrogens (tertiary/aromatic N) is 2. The van der Waals surface area contributed by atoms with Crippen LogP contribution in [-0.4, -0.2) is 40.2 Å². The molecule has 0 unspecified atom stereocenters. The molecule has 0 aromatic heterocycles. The van der Waals surface area contributed by atoms with Crippen molar-refractivity contribution in [1.82, 2.24) is 5.43 Å². The number of amides is 1. The van der Waals surface area contributed by atoms with Gasteiger partial charge in [0.1, 0.15) is 6.54 Å². The lowest BCUT2D eigenvalue weighted by Gasteiger charge is -2.25. The third-order valence-corrected chi connectivity index (χ3v) is 7.03. The molecule has 0 radical (unpaired) electrons. The lowest BCUT2D eigenvalue weighted by Crippen LogP contribution is -2.40. The van der Waals surface area contributed by atoms with E-state index in [0.717, 1.165) is 21.0 Å². The fourth-order valence-electron chi connectivity index (χ4n) is 3.39. The number of carbonyl (C=O) groups is 2. The van der Waals surface area contributed by atoms with E-state index < -0.39 is 28.4 Å². The largest absolute Gasteiger partial charge is 0.465 e. The molecule has 182 valence electrons. The maximum Gasteiger partial charge on any atom is 0.337 e. The Balaban J connectivity index is 1.82. The average Bonchev–Trinajstić information content (AvgIpc) is 2.83. The fourth-order valence-corrected chi connectivity index (χ4v) is 4.88. The quantitative estimate of drug-likeness (QED) is 0.292. The van der Waals surface area contributed by atoms with Crippen LogP contribution in [0.25, 0.3) is 0 Å². The molecule has 0 fully saturated rings. The number of benzene rings is 3. The smallest absolute Gasteiger partial charge is 0.337 e. The van der Waals surface area contributed by atoms with E-state index in [9.17, 15) is 18.0 Å². The standard InChI is InChI=1S/C26H27N3O5S/c1-18-5-12-23(13-6-18)35(32,33)29(24-14-7-19(2)15-20(24)3)17-25(30)28-27-16-21-8-10-22(11-9-21)26(31)34-4/h5-16H,17H2,1-4H3,(H,28,30)/b27-16-. The number of rotatable bonds is 8. The van der Waals surface area contributed by atoms with Crippen molar-refractivity contribution in [2.45, 2.75) is 25.7 Å². The van der Waals surface area contributed by atoms with Crippen LogP contribution in [0, 0.1) is 20.8 Å². The first kappa shape index (κ1) is 25.6. The summed E-state index contributed by atoms with van der Waals surface area (Å²) in [6, 6.07) is 18.3. The van der Waals surface area contributed by atoms with E-state index >= 15 is 0 Å². The summed E-state index contributed by atoms with van der Waals surface area (Å²) in [4.78, 5) is 24.3. The second kappa shape index (κ2) is 11.0. The average molecular weight is 494 g/mol. The van der Waals surface area contributed by atoms with Gasteiger partial charge in [0, 0.05) is 0 Å². The molecular weight excluding hydrogens is 466 g/mol. The summed E-state index contributed by atoms with van der Waals surface area (Å²) in [5, 5.41) is 3.92. The third kappa shape index (κ3) is 6.33. The number of nitrogens with one attached hydrogen (secondary N) is 1. The lowest BCUT2D eigenvalue weighted by atomic mass is 10.1. The molecule has 0 aliphatic rings. The molecule has 9 heteroatoms. The number of ether oxygens (including phenoxy) is 1. The minimum atomic E-state index is -4.02. The van der Waals surface area contributed by atoms with Gasteiger partial charge in [0.2, 0.25) is 0 Å². The molecule has 0 saturated heterocycles. The number of hydrogen-bond donors (Lipinski definition) is 1. The monoisotopic (exact) mass is 493 g/mol. The SMILES string of the molecule is COC(=O)c1ccc(/C=N\NC(=O)CN(c2ccc(C)cc2C)S(=O)(=O)c2ccc(C)cc2)cc1. The molecule has 0 heterocycles. The molecule has 3 rings (SSSR count). The summed E-state index contributed by atoms with van der Waals surface area (Å²) < 4.78 is 32.7. The second-order valence-electron chi connectivity index (χ2n) is 8.02. The van der Waals surface area contributed by atoms with Crippen LogP contribution in [-0.2, 0) is 19.6 Å². The third-order valence-electron chi connectivity index (χ3n) is 5.25. The molecule has 3 aromatic rings. The van der Waals surface area contributed by atoms with E-state index in [2.05, 4.69) is 15.3 Å². The normalized spacial score (nSPS) is 11.3.